The number of aryl methyl sites for hydroxylation is 2. The molecule has 0 aliphatic rings. The molecule has 2 aromatic rings. The molecule has 0 radical (unpaired) electrons. The van der Waals surface area contributed by atoms with E-state index in [0.29, 0.717) is 24.8 Å². The van der Waals surface area contributed by atoms with Crippen molar-refractivity contribution in [3.63, 3.8) is 0 Å². The Bertz CT molecular complexity index is 827. The van der Waals surface area contributed by atoms with Gasteiger partial charge in [-0.2, -0.15) is 0 Å². The summed E-state index contributed by atoms with van der Waals surface area (Å²) in [7, 11) is 1.38. The molecule has 5 heteroatoms. The van der Waals surface area contributed by atoms with Crippen LogP contribution >= 0.6 is 0 Å². The van der Waals surface area contributed by atoms with Crippen molar-refractivity contribution in [1.29, 1.82) is 0 Å². The molecule has 2 aromatic carbocycles. The standard InChI is InChI=1S/C26H32O5/c1-3-31-26(29)23(14-8-7-12-20-10-5-4-6-11-20)25(28)22-18-16-21(17-19-22)13-9-15-24(27)30-2/h4-6,10-11,16-19,23H,3,7-9,12-15H2,1-2H3. The average Bonchev–Trinajstić information content (AvgIpc) is 2.79. The van der Waals surface area contributed by atoms with Crippen LogP contribution in [0.4, 0.5) is 0 Å². The van der Waals surface area contributed by atoms with Gasteiger partial charge in [-0.15, -0.1) is 0 Å². The number of hydrogen-bond acceptors (Lipinski definition) is 5. The predicted octanol–water partition coefficient (Wildman–Crippen LogP) is 4.96. The minimum atomic E-state index is -0.777. The lowest BCUT2D eigenvalue weighted by Gasteiger charge is -2.15. The fourth-order valence-corrected chi connectivity index (χ4v) is 3.50. The topological polar surface area (TPSA) is 69.7 Å². The van der Waals surface area contributed by atoms with Crippen LogP contribution in [0, 0.1) is 5.92 Å². The molecule has 0 amide bonds. The van der Waals surface area contributed by atoms with Gasteiger partial charge in [0, 0.05) is 12.0 Å². The predicted molar refractivity (Wildman–Crippen MR) is 120 cm³/mol. The molecule has 0 bridgehead atoms. The Morgan fingerprint density at radius 3 is 2.13 bits per heavy atom. The van der Waals surface area contributed by atoms with Gasteiger partial charge in [0.1, 0.15) is 5.92 Å². The maximum Gasteiger partial charge on any atom is 0.316 e. The molecule has 1 atom stereocenters. The van der Waals surface area contributed by atoms with Gasteiger partial charge >= 0.3 is 11.9 Å². The maximum atomic E-state index is 13.0. The van der Waals surface area contributed by atoms with Gasteiger partial charge in [-0.1, -0.05) is 61.0 Å². The van der Waals surface area contributed by atoms with E-state index in [4.69, 9.17) is 4.74 Å². The summed E-state index contributed by atoms with van der Waals surface area (Å²) in [6, 6.07) is 17.5. The Hall–Kier alpha value is -2.95. The number of ketones is 1. The number of ether oxygens (including phenoxy) is 2. The van der Waals surface area contributed by atoms with E-state index in [2.05, 4.69) is 16.9 Å². The summed E-state index contributed by atoms with van der Waals surface area (Å²) in [5, 5.41) is 0. The molecule has 5 nitrogen and oxygen atoms in total. The highest BCUT2D eigenvalue weighted by Gasteiger charge is 2.28. The third-order valence-electron chi connectivity index (χ3n) is 5.25. The van der Waals surface area contributed by atoms with Gasteiger partial charge in [0.05, 0.1) is 13.7 Å². The quantitative estimate of drug-likeness (QED) is 0.197. The second-order valence-electron chi connectivity index (χ2n) is 7.53. The molecule has 1 unspecified atom stereocenters. The summed E-state index contributed by atoms with van der Waals surface area (Å²) in [6.07, 6.45) is 4.86. The molecule has 0 aromatic heterocycles. The molecule has 0 saturated carbocycles. The van der Waals surface area contributed by atoms with Crippen LogP contribution in [-0.4, -0.2) is 31.4 Å². The largest absolute Gasteiger partial charge is 0.469 e. The Labute approximate surface area is 184 Å². The third kappa shape index (κ3) is 8.36. The van der Waals surface area contributed by atoms with Crippen LogP contribution in [0.25, 0.3) is 0 Å². The first-order valence-corrected chi connectivity index (χ1v) is 11.0. The Morgan fingerprint density at radius 2 is 1.48 bits per heavy atom. The highest BCUT2D eigenvalue weighted by Crippen LogP contribution is 2.20. The molecular formula is C26H32O5. The van der Waals surface area contributed by atoms with Crippen molar-refractivity contribution in [1.82, 2.24) is 0 Å². The Kier molecular flexibility index (Phi) is 10.5. The van der Waals surface area contributed by atoms with Crippen LogP contribution < -0.4 is 0 Å². The second kappa shape index (κ2) is 13.4. The van der Waals surface area contributed by atoms with Crippen LogP contribution in [0.2, 0.25) is 0 Å². The van der Waals surface area contributed by atoms with E-state index in [1.807, 2.05) is 30.3 Å². The molecule has 0 heterocycles. The van der Waals surface area contributed by atoms with Crippen molar-refractivity contribution in [3.05, 3.63) is 71.3 Å². The van der Waals surface area contributed by atoms with Crippen LogP contribution in [0.15, 0.2) is 54.6 Å². The molecule has 31 heavy (non-hydrogen) atoms. The normalized spacial score (nSPS) is 11.5. The van der Waals surface area contributed by atoms with E-state index >= 15 is 0 Å². The fourth-order valence-electron chi connectivity index (χ4n) is 3.50. The Balaban J connectivity index is 1.93. The first kappa shape index (κ1) is 24.3. The fraction of sp³-hybridized carbons (Fsp3) is 0.423. The highest BCUT2D eigenvalue weighted by molar-refractivity contribution is 6.08. The zero-order chi connectivity index (χ0) is 22.5. The van der Waals surface area contributed by atoms with E-state index in [-0.39, 0.29) is 18.4 Å². The van der Waals surface area contributed by atoms with Crippen molar-refractivity contribution in [2.75, 3.05) is 13.7 Å². The Morgan fingerprint density at radius 1 is 0.839 bits per heavy atom. The van der Waals surface area contributed by atoms with Crippen LogP contribution in [0.3, 0.4) is 0 Å². The second-order valence-corrected chi connectivity index (χ2v) is 7.53. The van der Waals surface area contributed by atoms with Crippen LogP contribution in [0.5, 0.6) is 0 Å². The van der Waals surface area contributed by atoms with Crippen molar-refractivity contribution < 1.29 is 23.9 Å². The lowest BCUT2D eigenvalue weighted by atomic mass is 9.91. The summed E-state index contributed by atoms with van der Waals surface area (Å²) >= 11 is 0. The van der Waals surface area contributed by atoms with Crippen molar-refractivity contribution in [2.24, 2.45) is 5.92 Å². The molecule has 0 aliphatic carbocycles. The molecule has 166 valence electrons. The number of methoxy groups -OCH3 is 1. The monoisotopic (exact) mass is 424 g/mol. The van der Waals surface area contributed by atoms with E-state index in [0.717, 1.165) is 31.2 Å². The molecule has 0 aliphatic heterocycles. The van der Waals surface area contributed by atoms with Gasteiger partial charge in [0.2, 0.25) is 0 Å². The summed E-state index contributed by atoms with van der Waals surface area (Å²) in [6.45, 7) is 2.00. The number of benzene rings is 2. The number of hydrogen-bond donors (Lipinski definition) is 0. The van der Waals surface area contributed by atoms with E-state index in [1.165, 1.54) is 12.7 Å². The highest BCUT2D eigenvalue weighted by atomic mass is 16.5. The van der Waals surface area contributed by atoms with Gasteiger partial charge in [-0.25, -0.2) is 0 Å². The third-order valence-corrected chi connectivity index (χ3v) is 5.25. The van der Waals surface area contributed by atoms with Crippen LogP contribution in [0.1, 0.15) is 60.5 Å². The zero-order valence-corrected chi connectivity index (χ0v) is 18.5. The smallest absolute Gasteiger partial charge is 0.316 e. The van der Waals surface area contributed by atoms with E-state index < -0.39 is 11.9 Å². The lowest BCUT2D eigenvalue weighted by molar-refractivity contribution is -0.146. The number of unbranched alkanes of at least 4 members (excludes halogenated alkanes) is 1. The minimum Gasteiger partial charge on any atom is -0.469 e. The molecular weight excluding hydrogens is 392 g/mol. The number of rotatable bonds is 13. The van der Waals surface area contributed by atoms with Gasteiger partial charge in [0.25, 0.3) is 0 Å². The van der Waals surface area contributed by atoms with Crippen molar-refractivity contribution >= 4 is 17.7 Å². The summed E-state index contributed by atoms with van der Waals surface area (Å²) in [5.41, 5.74) is 2.80. The van der Waals surface area contributed by atoms with E-state index in [1.54, 1.807) is 19.1 Å². The molecule has 2 rings (SSSR count). The number of carbonyl (C=O) groups excluding carboxylic acids is 3. The van der Waals surface area contributed by atoms with Crippen LogP contribution in [-0.2, 0) is 31.9 Å². The summed E-state index contributed by atoms with van der Waals surface area (Å²) in [5.74, 6) is -1.65. The molecule has 0 saturated heterocycles. The molecule has 0 spiro atoms. The number of Topliss-reactive ketones (excluding diaryl/α,β-unsaturated/α-hetero) is 1. The zero-order valence-electron chi connectivity index (χ0n) is 18.5. The lowest BCUT2D eigenvalue weighted by Crippen LogP contribution is -2.26. The van der Waals surface area contributed by atoms with Gasteiger partial charge in [0.15, 0.2) is 5.78 Å². The SMILES string of the molecule is CCOC(=O)C(CCCCc1ccccc1)C(=O)c1ccc(CCCC(=O)OC)cc1. The number of carbonyl (C=O) groups is 3. The van der Waals surface area contributed by atoms with Crippen molar-refractivity contribution in [3.8, 4) is 0 Å². The molecule has 0 N–H and O–H groups in total. The maximum absolute atomic E-state index is 13.0. The van der Waals surface area contributed by atoms with Gasteiger partial charge < -0.3 is 9.47 Å². The van der Waals surface area contributed by atoms with Crippen molar-refractivity contribution in [2.45, 2.75) is 51.9 Å². The molecule has 0 fully saturated rings. The van der Waals surface area contributed by atoms with Gasteiger partial charge in [-0.05, 0) is 50.2 Å². The first-order chi connectivity index (χ1) is 15.0. The summed E-state index contributed by atoms with van der Waals surface area (Å²) < 4.78 is 9.81. The van der Waals surface area contributed by atoms with E-state index in [9.17, 15) is 14.4 Å². The van der Waals surface area contributed by atoms with Gasteiger partial charge in [-0.3, -0.25) is 14.4 Å². The minimum absolute atomic E-state index is 0.195. The number of esters is 2. The average molecular weight is 425 g/mol. The first-order valence-electron chi connectivity index (χ1n) is 11.0. The summed E-state index contributed by atoms with van der Waals surface area (Å²) in [4.78, 5) is 36.7.